The molecule has 0 spiro atoms. The third-order valence-corrected chi connectivity index (χ3v) is 5.59. The molecule has 3 aromatic heterocycles. The summed E-state index contributed by atoms with van der Waals surface area (Å²) in [5.74, 6) is 0.000546. The zero-order chi connectivity index (χ0) is 23.8. The number of rotatable bonds is 3. The lowest BCUT2D eigenvalue weighted by Crippen LogP contribution is -2.61. The topological polar surface area (TPSA) is 92.4 Å². The van der Waals surface area contributed by atoms with Gasteiger partial charge in [0.2, 0.25) is 0 Å². The van der Waals surface area contributed by atoms with Crippen LogP contribution in [0.4, 0.5) is 24.7 Å². The molecule has 0 radical (unpaired) electrons. The predicted molar refractivity (Wildman–Crippen MR) is 117 cm³/mol. The maximum Gasteiger partial charge on any atom is 0.437 e. The number of carbonyl (C=O) groups is 1. The van der Waals surface area contributed by atoms with Gasteiger partial charge in [-0.1, -0.05) is 20.3 Å². The highest BCUT2D eigenvalue weighted by Crippen LogP contribution is 2.34. The van der Waals surface area contributed by atoms with Crippen LogP contribution in [0.2, 0.25) is 0 Å². The number of nitrogens with one attached hydrogen (secondary N) is 2. The number of aromatic nitrogens is 5. The monoisotopic (exact) mass is 464 g/mol. The fourth-order valence-electron chi connectivity index (χ4n) is 4.15. The molecular formula is C21H27F3N8O. The largest absolute Gasteiger partial charge is 0.437 e. The summed E-state index contributed by atoms with van der Waals surface area (Å²) in [5, 5.41) is 13.3. The van der Waals surface area contributed by atoms with Gasteiger partial charge in [-0.25, -0.2) is 9.50 Å². The number of hydrogen-bond donors (Lipinski definition) is 2. The highest BCUT2D eigenvalue weighted by Gasteiger charge is 2.38. The molecule has 2 N–H and O–H groups in total. The molecular weight excluding hydrogens is 437 g/mol. The van der Waals surface area contributed by atoms with E-state index in [1.165, 1.54) is 24.2 Å². The molecule has 12 heteroatoms. The maximum atomic E-state index is 13.2. The Morgan fingerprint density at radius 3 is 2.67 bits per heavy atom. The van der Waals surface area contributed by atoms with Gasteiger partial charge in [-0.2, -0.15) is 23.4 Å². The second-order valence-electron chi connectivity index (χ2n) is 8.32. The van der Waals surface area contributed by atoms with Crippen molar-refractivity contribution in [3.63, 3.8) is 0 Å². The first-order valence-corrected chi connectivity index (χ1v) is 11.0. The second kappa shape index (κ2) is 9.00. The summed E-state index contributed by atoms with van der Waals surface area (Å²) in [5.41, 5.74) is -1.18. The van der Waals surface area contributed by atoms with Crippen LogP contribution in [0.5, 0.6) is 0 Å². The second-order valence-corrected chi connectivity index (χ2v) is 8.32. The summed E-state index contributed by atoms with van der Waals surface area (Å²) in [6, 6.07) is 2.58. The standard InChI is InChI=1S/C18H19F3N8O.C3H8/c1-27-9-13(15(26-27)18(19,20)21)24-17(30)12-7-23-29-5-4-14(25-16(12)29)28-8-10-2-3-11(28)6-22-10;1-3-2/h4-5,7,9-11,22H,2-3,6,8H2,1H3,(H,24,30);3H2,1-2H3/t10?,11-;/m1./s1. The number of piperazine rings is 1. The number of fused-ring (bicyclic) bond motifs is 4. The van der Waals surface area contributed by atoms with Gasteiger partial charge in [-0.15, -0.1) is 0 Å². The van der Waals surface area contributed by atoms with E-state index in [1.807, 2.05) is 6.07 Å². The number of alkyl halides is 3. The Hall–Kier alpha value is -3.15. The van der Waals surface area contributed by atoms with Crippen molar-refractivity contribution in [3.8, 4) is 0 Å². The molecule has 0 saturated carbocycles. The molecule has 0 aromatic carbocycles. The highest BCUT2D eigenvalue weighted by molar-refractivity contribution is 6.08. The van der Waals surface area contributed by atoms with E-state index >= 15 is 0 Å². The Kier molecular flexibility index (Phi) is 6.28. The summed E-state index contributed by atoms with van der Waals surface area (Å²) in [6.45, 7) is 5.96. The van der Waals surface area contributed by atoms with Crippen molar-refractivity contribution in [1.29, 1.82) is 0 Å². The SMILES string of the molecule is CCC.Cn1cc(NC(=O)c2cnn3ccc(N4CC5CC[C@@H]4CN5)nc23)c(C(F)(F)F)n1. The molecule has 9 nitrogen and oxygen atoms in total. The van der Waals surface area contributed by atoms with Crippen LogP contribution in [0.1, 0.15) is 49.2 Å². The van der Waals surface area contributed by atoms with Gasteiger partial charge in [0, 0.05) is 44.6 Å². The number of amides is 1. The van der Waals surface area contributed by atoms with Gasteiger partial charge in [0.25, 0.3) is 5.91 Å². The highest BCUT2D eigenvalue weighted by atomic mass is 19.4. The molecule has 33 heavy (non-hydrogen) atoms. The van der Waals surface area contributed by atoms with E-state index in [0.717, 1.165) is 42.6 Å². The van der Waals surface area contributed by atoms with Crippen LogP contribution in [0, 0.1) is 0 Å². The minimum absolute atomic E-state index is 0.0918. The number of piperidine rings is 2. The van der Waals surface area contributed by atoms with Gasteiger partial charge < -0.3 is 15.5 Å². The molecule has 2 atom stereocenters. The summed E-state index contributed by atoms with van der Waals surface area (Å²) >= 11 is 0. The predicted octanol–water partition coefficient (Wildman–Crippen LogP) is 3.09. The van der Waals surface area contributed by atoms with Gasteiger partial charge >= 0.3 is 6.18 Å². The minimum atomic E-state index is -4.68. The lowest BCUT2D eigenvalue weighted by atomic mass is 9.93. The number of nitrogens with zero attached hydrogens (tertiary/aromatic N) is 6. The van der Waals surface area contributed by atoms with Crippen LogP contribution in [-0.2, 0) is 13.2 Å². The normalized spacial score (nSPS) is 20.0. The molecule has 6 rings (SSSR count). The lowest BCUT2D eigenvalue weighted by molar-refractivity contribution is -0.140. The fourth-order valence-corrected chi connectivity index (χ4v) is 4.15. The zero-order valence-electron chi connectivity index (χ0n) is 18.7. The van der Waals surface area contributed by atoms with Crippen molar-refractivity contribution in [3.05, 3.63) is 35.9 Å². The van der Waals surface area contributed by atoms with Gasteiger partial charge in [-0.05, 0) is 18.9 Å². The summed E-state index contributed by atoms with van der Waals surface area (Å²) in [6.07, 6.45) is 2.87. The van der Waals surface area contributed by atoms with Gasteiger partial charge in [0.15, 0.2) is 11.3 Å². The Balaban J connectivity index is 0.000000821. The molecule has 3 aliphatic heterocycles. The molecule has 6 heterocycles. The van der Waals surface area contributed by atoms with Crippen LogP contribution >= 0.6 is 0 Å². The average molecular weight is 464 g/mol. The molecule has 178 valence electrons. The van der Waals surface area contributed by atoms with E-state index in [-0.39, 0.29) is 11.2 Å². The van der Waals surface area contributed by atoms with Gasteiger partial charge in [0.1, 0.15) is 11.4 Å². The van der Waals surface area contributed by atoms with E-state index in [9.17, 15) is 18.0 Å². The Labute approximate surface area is 189 Å². The van der Waals surface area contributed by atoms with E-state index < -0.39 is 23.5 Å². The third-order valence-electron chi connectivity index (χ3n) is 5.59. The van der Waals surface area contributed by atoms with Crippen LogP contribution in [0.3, 0.4) is 0 Å². The molecule has 3 saturated heterocycles. The molecule has 3 fully saturated rings. The first-order chi connectivity index (χ1) is 15.7. The van der Waals surface area contributed by atoms with Crippen molar-refractivity contribution in [1.82, 2.24) is 29.7 Å². The maximum absolute atomic E-state index is 13.2. The molecule has 3 aliphatic rings. The smallest absolute Gasteiger partial charge is 0.351 e. The quantitative estimate of drug-likeness (QED) is 0.619. The number of halogens is 3. The number of carbonyl (C=O) groups excluding carboxylic acids is 1. The first kappa shape index (κ1) is 23.0. The molecule has 3 aromatic rings. The molecule has 1 unspecified atom stereocenters. The van der Waals surface area contributed by atoms with Crippen molar-refractivity contribution >= 4 is 23.1 Å². The molecule has 1 amide bonds. The van der Waals surface area contributed by atoms with Crippen molar-refractivity contribution in [2.45, 2.75) is 51.4 Å². The number of hydrogen-bond acceptors (Lipinski definition) is 6. The first-order valence-electron chi connectivity index (χ1n) is 11.0. The van der Waals surface area contributed by atoms with Crippen molar-refractivity contribution in [2.75, 3.05) is 23.3 Å². The Morgan fingerprint density at radius 1 is 1.30 bits per heavy atom. The van der Waals surface area contributed by atoms with E-state index in [4.69, 9.17) is 0 Å². The fraction of sp³-hybridized carbons (Fsp3) is 0.524. The lowest BCUT2D eigenvalue weighted by Gasteiger charge is -2.46. The summed E-state index contributed by atoms with van der Waals surface area (Å²) in [4.78, 5) is 19.6. The third kappa shape index (κ3) is 4.65. The van der Waals surface area contributed by atoms with E-state index in [1.54, 1.807) is 6.20 Å². The van der Waals surface area contributed by atoms with Gasteiger partial charge in [-0.3, -0.25) is 9.48 Å². The number of anilines is 2. The van der Waals surface area contributed by atoms with Crippen molar-refractivity contribution < 1.29 is 18.0 Å². The van der Waals surface area contributed by atoms with Crippen LogP contribution in [0.25, 0.3) is 5.65 Å². The van der Waals surface area contributed by atoms with Crippen LogP contribution < -0.4 is 15.5 Å². The van der Waals surface area contributed by atoms with E-state index in [0.29, 0.717) is 12.1 Å². The van der Waals surface area contributed by atoms with Crippen LogP contribution in [0.15, 0.2) is 24.7 Å². The van der Waals surface area contributed by atoms with E-state index in [2.05, 4.69) is 44.6 Å². The minimum Gasteiger partial charge on any atom is -0.351 e. The summed E-state index contributed by atoms with van der Waals surface area (Å²) in [7, 11) is 1.36. The van der Waals surface area contributed by atoms with Crippen LogP contribution in [-0.4, -0.2) is 55.5 Å². The molecule has 0 aliphatic carbocycles. The molecule has 2 bridgehead atoms. The Bertz CT molecular complexity index is 1130. The van der Waals surface area contributed by atoms with Crippen molar-refractivity contribution in [2.24, 2.45) is 7.05 Å². The van der Waals surface area contributed by atoms with Gasteiger partial charge in [0.05, 0.1) is 11.9 Å². The zero-order valence-corrected chi connectivity index (χ0v) is 18.7. The summed E-state index contributed by atoms with van der Waals surface area (Å²) < 4.78 is 42.0. The number of aryl methyl sites for hydroxylation is 1. The average Bonchev–Trinajstić information content (AvgIpc) is 3.37. The Morgan fingerprint density at radius 2 is 2.06 bits per heavy atom.